The van der Waals surface area contributed by atoms with Gasteiger partial charge in [-0.25, -0.2) is 4.39 Å². The predicted octanol–water partition coefficient (Wildman–Crippen LogP) is 2.07. The molecule has 1 aromatic carbocycles. The molecule has 1 rings (SSSR count). The molecule has 6 heteroatoms. The Morgan fingerprint density at radius 3 is 2.43 bits per heavy atom. The Labute approximate surface area is 123 Å². The number of halogens is 1. The number of aliphatic carboxylic acids is 1. The largest absolute Gasteiger partial charge is 0.493 e. The number of ether oxygens (including phenoxy) is 1. The van der Waals surface area contributed by atoms with Gasteiger partial charge in [0.2, 0.25) is 5.91 Å². The minimum atomic E-state index is -0.923. The van der Waals surface area contributed by atoms with Crippen LogP contribution in [0.15, 0.2) is 24.3 Å². The lowest BCUT2D eigenvalue weighted by atomic mass is 9.96. The second-order valence-electron chi connectivity index (χ2n) is 5.05. The fraction of sp³-hybridized carbons (Fsp3) is 0.467. The maximum absolute atomic E-state index is 12.7. The van der Waals surface area contributed by atoms with E-state index in [1.54, 1.807) is 13.8 Å². The average molecular weight is 297 g/mol. The first-order valence-electron chi connectivity index (χ1n) is 6.78. The third-order valence-electron chi connectivity index (χ3n) is 3.05. The topological polar surface area (TPSA) is 75.6 Å². The number of benzene rings is 1. The highest BCUT2D eigenvalue weighted by Crippen LogP contribution is 2.11. The minimum absolute atomic E-state index is 0.0572. The zero-order valence-electron chi connectivity index (χ0n) is 12.1. The van der Waals surface area contributed by atoms with Crippen LogP contribution in [0.1, 0.15) is 20.3 Å². The van der Waals surface area contributed by atoms with Crippen LogP contribution in [0.2, 0.25) is 0 Å². The zero-order chi connectivity index (χ0) is 15.8. The number of carbonyl (C=O) groups is 2. The summed E-state index contributed by atoms with van der Waals surface area (Å²) in [5, 5.41) is 11.6. The molecule has 0 radical (unpaired) electrons. The number of hydrogen-bond acceptors (Lipinski definition) is 3. The number of carbonyl (C=O) groups excluding carboxylic acids is 1. The third kappa shape index (κ3) is 6.25. The molecule has 0 fully saturated rings. The van der Waals surface area contributed by atoms with Crippen molar-refractivity contribution >= 4 is 11.9 Å². The van der Waals surface area contributed by atoms with Crippen LogP contribution in [-0.2, 0) is 9.59 Å². The van der Waals surface area contributed by atoms with Gasteiger partial charge in [-0.15, -0.1) is 0 Å². The van der Waals surface area contributed by atoms with Crippen LogP contribution in [0.5, 0.6) is 5.75 Å². The first-order valence-corrected chi connectivity index (χ1v) is 6.78. The van der Waals surface area contributed by atoms with E-state index in [9.17, 15) is 14.0 Å². The predicted molar refractivity (Wildman–Crippen MR) is 75.5 cm³/mol. The standard InChI is InChI=1S/C15H20FNO4/c1-10(2)13(15(19)20)9-17-14(18)7-8-21-12-5-3-11(16)4-6-12/h3-6,10,13H,7-9H2,1-2H3,(H,17,18)(H,19,20). The van der Waals surface area contributed by atoms with Gasteiger partial charge in [0, 0.05) is 6.54 Å². The van der Waals surface area contributed by atoms with Gasteiger partial charge in [0.05, 0.1) is 18.9 Å². The zero-order valence-corrected chi connectivity index (χ0v) is 12.1. The number of hydrogen-bond donors (Lipinski definition) is 2. The Morgan fingerprint density at radius 1 is 1.29 bits per heavy atom. The Balaban J connectivity index is 2.28. The van der Waals surface area contributed by atoms with E-state index >= 15 is 0 Å². The summed E-state index contributed by atoms with van der Waals surface area (Å²) in [5.74, 6) is -1.73. The summed E-state index contributed by atoms with van der Waals surface area (Å²) in [6, 6.07) is 5.50. The van der Waals surface area contributed by atoms with Crippen molar-refractivity contribution in [2.24, 2.45) is 11.8 Å². The molecule has 1 aromatic rings. The van der Waals surface area contributed by atoms with E-state index in [1.165, 1.54) is 24.3 Å². The number of carboxylic acids is 1. The van der Waals surface area contributed by atoms with Gasteiger partial charge in [-0.3, -0.25) is 9.59 Å². The molecule has 1 amide bonds. The Bertz CT molecular complexity index is 473. The van der Waals surface area contributed by atoms with Crippen molar-refractivity contribution in [1.82, 2.24) is 5.32 Å². The van der Waals surface area contributed by atoms with Crippen molar-refractivity contribution in [2.75, 3.05) is 13.2 Å². The smallest absolute Gasteiger partial charge is 0.308 e. The summed E-state index contributed by atoms with van der Waals surface area (Å²) in [6.45, 7) is 3.84. The molecule has 116 valence electrons. The van der Waals surface area contributed by atoms with E-state index < -0.39 is 11.9 Å². The summed E-state index contributed by atoms with van der Waals surface area (Å²) in [6.07, 6.45) is 0.113. The maximum atomic E-state index is 12.7. The molecule has 0 spiro atoms. The summed E-state index contributed by atoms with van der Waals surface area (Å²) in [4.78, 5) is 22.6. The van der Waals surface area contributed by atoms with Crippen molar-refractivity contribution in [2.45, 2.75) is 20.3 Å². The second-order valence-corrected chi connectivity index (χ2v) is 5.05. The molecule has 0 saturated heterocycles. The van der Waals surface area contributed by atoms with E-state index in [4.69, 9.17) is 9.84 Å². The number of amides is 1. The van der Waals surface area contributed by atoms with E-state index in [0.29, 0.717) is 5.75 Å². The van der Waals surface area contributed by atoms with Crippen LogP contribution in [-0.4, -0.2) is 30.1 Å². The molecule has 0 aliphatic carbocycles. The average Bonchev–Trinajstić information content (AvgIpc) is 2.40. The fourth-order valence-electron chi connectivity index (χ4n) is 1.71. The molecule has 1 atom stereocenters. The number of carboxylic acid groups (broad SMARTS) is 1. The lowest BCUT2D eigenvalue weighted by Crippen LogP contribution is -2.36. The normalized spacial score (nSPS) is 12.0. The molecular formula is C15H20FNO4. The van der Waals surface area contributed by atoms with Gasteiger partial charge in [0.15, 0.2) is 0 Å². The highest BCUT2D eigenvalue weighted by Gasteiger charge is 2.21. The van der Waals surface area contributed by atoms with Crippen LogP contribution >= 0.6 is 0 Å². The second kappa shape index (κ2) is 8.24. The molecule has 0 bridgehead atoms. The summed E-state index contributed by atoms with van der Waals surface area (Å²) in [5.41, 5.74) is 0. The summed E-state index contributed by atoms with van der Waals surface area (Å²) < 4.78 is 18.0. The Hall–Kier alpha value is -2.11. The van der Waals surface area contributed by atoms with Crippen LogP contribution in [0, 0.1) is 17.7 Å². The van der Waals surface area contributed by atoms with Gasteiger partial charge in [-0.05, 0) is 30.2 Å². The fourth-order valence-corrected chi connectivity index (χ4v) is 1.71. The van der Waals surface area contributed by atoms with Crippen LogP contribution in [0.4, 0.5) is 4.39 Å². The first-order chi connectivity index (χ1) is 9.90. The van der Waals surface area contributed by atoms with Crippen molar-refractivity contribution in [3.63, 3.8) is 0 Å². The van der Waals surface area contributed by atoms with Gasteiger partial charge in [0.1, 0.15) is 11.6 Å². The van der Waals surface area contributed by atoms with E-state index in [-0.39, 0.29) is 37.2 Å². The van der Waals surface area contributed by atoms with Crippen molar-refractivity contribution in [1.29, 1.82) is 0 Å². The Morgan fingerprint density at radius 2 is 1.90 bits per heavy atom. The first kappa shape index (κ1) is 16.9. The summed E-state index contributed by atoms with van der Waals surface area (Å²) >= 11 is 0. The molecule has 0 aromatic heterocycles. The molecule has 21 heavy (non-hydrogen) atoms. The third-order valence-corrected chi connectivity index (χ3v) is 3.05. The van der Waals surface area contributed by atoms with Gasteiger partial charge < -0.3 is 15.2 Å². The molecule has 5 nitrogen and oxygen atoms in total. The van der Waals surface area contributed by atoms with Gasteiger partial charge >= 0.3 is 5.97 Å². The van der Waals surface area contributed by atoms with E-state index in [0.717, 1.165) is 0 Å². The molecule has 1 unspecified atom stereocenters. The van der Waals surface area contributed by atoms with Crippen LogP contribution < -0.4 is 10.1 Å². The Kier molecular flexibility index (Phi) is 6.65. The highest BCUT2D eigenvalue weighted by atomic mass is 19.1. The van der Waals surface area contributed by atoms with E-state index in [1.807, 2.05) is 0 Å². The molecular weight excluding hydrogens is 277 g/mol. The van der Waals surface area contributed by atoms with Gasteiger partial charge in [-0.2, -0.15) is 0 Å². The number of nitrogens with one attached hydrogen (secondary N) is 1. The van der Waals surface area contributed by atoms with Gasteiger partial charge in [-0.1, -0.05) is 13.8 Å². The molecule has 0 aliphatic rings. The van der Waals surface area contributed by atoms with Crippen molar-refractivity contribution < 1.29 is 23.8 Å². The van der Waals surface area contributed by atoms with Crippen LogP contribution in [0.3, 0.4) is 0 Å². The quantitative estimate of drug-likeness (QED) is 0.770. The monoisotopic (exact) mass is 297 g/mol. The molecule has 2 N–H and O–H groups in total. The van der Waals surface area contributed by atoms with Crippen LogP contribution in [0.25, 0.3) is 0 Å². The molecule has 0 aliphatic heterocycles. The maximum Gasteiger partial charge on any atom is 0.308 e. The number of rotatable bonds is 8. The minimum Gasteiger partial charge on any atom is -0.493 e. The SMILES string of the molecule is CC(C)C(CNC(=O)CCOc1ccc(F)cc1)C(=O)O. The van der Waals surface area contributed by atoms with Gasteiger partial charge in [0.25, 0.3) is 0 Å². The lowest BCUT2D eigenvalue weighted by Gasteiger charge is -2.16. The van der Waals surface area contributed by atoms with Crippen molar-refractivity contribution in [3.8, 4) is 5.75 Å². The summed E-state index contributed by atoms with van der Waals surface area (Å²) in [7, 11) is 0. The van der Waals surface area contributed by atoms with E-state index in [2.05, 4.69) is 5.32 Å². The highest BCUT2D eigenvalue weighted by molar-refractivity contribution is 5.77. The van der Waals surface area contributed by atoms with Crippen molar-refractivity contribution in [3.05, 3.63) is 30.1 Å². The molecule has 0 saturated carbocycles. The lowest BCUT2D eigenvalue weighted by molar-refractivity contribution is -0.143. The molecule has 0 heterocycles.